The van der Waals surface area contributed by atoms with Crippen molar-refractivity contribution >= 4 is 27.5 Å². The average Bonchev–Trinajstić information content (AvgIpc) is 2.88. The fourth-order valence-corrected chi connectivity index (χ4v) is 3.72. The Bertz CT molecular complexity index is 942. The maximum absolute atomic E-state index is 12.7. The molecule has 5 nitrogen and oxygen atoms in total. The molecule has 0 atom stereocenters. The normalized spacial score (nSPS) is 11.2. The van der Waals surface area contributed by atoms with Gasteiger partial charge in [0.15, 0.2) is 0 Å². The van der Waals surface area contributed by atoms with E-state index in [-0.39, 0.29) is 18.2 Å². The molecule has 0 unspecified atom stereocenters. The minimum absolute atomic E-state index is 0.129. The van der Waals surface area contributed by atoms with Crippen molar-refractivity contribution in [2.75, 3.05) is 0 Å². The molecule has 0 spiro atoms. The van der Waals surface area contributed by atoms with Crippen molar-refractivity contribution in [3.63, 3.8) is 0 Å². The lowest BCUT2D eigenvalue weighted by Crippen LogP contribution is -2.26. The first kappa shape index (κ1) is 16.4. The zero-order valence-electron chi connectivity index (χ0n) is 13.8. The Kier molecular flexibility index (Phi) is 4.49. The number of benzene rings is 1. The number of hydrogen-bond donors (Lipinski definition) is 0. The summed E-state index contributed by atoms with van der Waals surface area (Å²) in [5, 5.41) is 0.568. The molecular formula is C18H18N2O3S. The van der Waals surface area contributed by atoms with Gasteiger partial charge in [-0.15, -0.1) is 11.3 Å². The molecule has 2 aromatic heterocycles. The maximum Gasteiger partial charge on any atom is 0.326 e. The summed E-state index contributed by atoms with van der Waals surface area (Å²) in [6.45, 7) is 5.34. The van der Waals surface area contributed by atoms with Gasteiger partial charge in [-0.3, -0.25) is 14.2 Å². The lowest BCUT2D eigenvalue weighted by atomic mass is 10.1. The van der Waals surface area contributed by atoms with Gasteiger partial charge in [0.2, 0.25) is 0 Å². The minimum atomic E-state index is -0.440. The molecule has 0 N–H and O–H groups in total. The van der Waals surface area contributed by atoms with Gasteiger partial charge in [-0.1, -0.05) is 30.3 Å². The molecule has 3 rings (SSSR count). The molecule has 124 valence electrons. The number of fused-ring (bicyclic) bond motifs is 1. The average molecular weight is 342 g/mol. The highest BCUT2D eigenvalue weighted by atomic mass is 32.1. The first-order valence-corrected chi connectivity index (χ1v) is 8.52. The molecule has 0 radical (unpaired) electrons. The highest BCUT2D eigenvalue weighted by Gasteiger charge is 2.17. The molecule has 2 heterocycles. The van der Waals surface area contributed by atoms with Crippen LogP contribution in [-0.4, -0.2) is 21.6 Å². The molecular weight excluding hydrogens is 324 g/mol. The lowest BCUT2D eigenvalue weighted by Gasteiger charge is -2.09. The van der Waals surface area contributed by atoms with Gasteiger partial charge in [0.05, 0.1) is 17.8 Å². The predicted octanol–water partition coefficient (Wildman–Crippen LogP) is 3.39. The second-order valence-electron chi connectivity index (χ2n) is 5.82. The fourth-order valence-electron chi connectivity index (χ4n) is 2.58. The molecule has 24 heavy (non-hydrogen) atoms. The molecule has 0 aliphatic rings. The molecule has 3 aromatic rings. The highest BCUT2D eigenvalue weighted by molar-refractivity contribution is 7.22. The van der Waals surface area contributed by atoms with Gasteiger partial charge < -0.3 is 4.74 Å². The smallest absolute Gasteiger partial charge is 0.326 e. The van der Waals surface area contributed by atoms with E-state index in [0.29, 0.717) is 10.2 Å². The monoisotopic (exact) mass is 342 g/mol. The Morgan fingerprint density at radius 1 is 1.29 bits per heavy atom. The van der Waals surface area contributed by atoms with Crippen LogP contribution in [0.2, 0.25) is 0 Å². The van der Waals surface area contributed by atoms with Gasteiger partial charge in [0.1, 0.15) is 11.4 Å². The number of carbonyl (C=O) groups excluding carboxylic acids is 1. The summed E-state index contributed by atoms with van der Waals surface area (Å²) in [6.07, 6.45) is 1.20. The van der Waals surface area contributed by atoms with E-state index in [4.69, 9.17) is 4.74 Å². The van der Waals surface area contributed by atoms with Crippen LogP contribution in [0, 0.1) is 6.92 Å². The van der Waals surface area contributed by atoms with E-state index in [0.717, 1.165) is 16.0 Å². The number of rotatable bonds is 4. The molecule has 0 bridgehead atoms. The second-order valence-corrected chi connectivity index (χ2v) is 6.82. The van der Waals surface area contributed by atoms with Crippen molar-refractivity contribution in [3.8, 4) is 10.4 Å². The van der Waals surface area contributed by atoms with Crippen molar-refractivity contribution < 1.29 is 9.53 Å². The quantitative estimate of drug-likeness (QED) is 0.682. The number of thiophene rings is 1. The number of nitrogens with zero attached hydrogens (tertiary/aromatic N) is 2. The molecule has 0 saturated carbocycles. The van der Waals surface area contributed by atoms with Crippen LogP contribution in [0.1, 0.15) is 19.4 Å². The standard InChI is InChI=1S/C18H18N2O3S/c1-11(2)23-14(21)9-20-10-19-17-15(18(20)22)12(3)16(24-17)13-7-5-4-6-8-13/h4-8,10-11H,9H2,1-3H3. The molecule has 0 saturated heterocycles. The molecule has 1 aromatic carbocycles. The molecule has 0 fully saturated rings. The number of hydrogen-bond acceptors (Lipinski definition) is 5. The Hall–Kier alpha value is -2.47. The lowest BCUT2D eigenvalue weighted by molar-refractivity contribution is -0.148. The zero-order chi connectivity index (χ0) is 17.3. The number of esters is 1. The highest BCUT2D eigenvalue weighted by Crippen LogP contribution is 2.35. The zero-order valence-corrected chi connectivity index (χ0v) is 14.6. The number of aromatic nitrogens is 2. The number of aryl methyl sites for hydroxylation is 1. The van der Waals surface area contributed by atoms with Crippen LogP contribution in [0.15, 0.2) is 41.5 Å². The van der Waals surface area contributed by atoms with Gasteiger partial charge in [-0.05, 0) is 31.9 Å². The van der Waals surface area contributed by atoms with Gasteiger partial charge in [-0.2, -0.15) is 0 Å². The number of carbonyl (C=O) groups is 1. The summed E-state index contributed by atoms with van der Waals surface area (Å²) in [4.78, 5) is 30.6. The van der Waals surface area contributed by atoms with Crippen molar-refractivity contribution in [3.05, 3.63) is 52.6 Å². The minimum Gasteiger partial charge on any atom is -0.462 e. The van der Waals surface area contributed by atoms with Gasteiger partial charge >= 0.3 is 5.97 Å². The predicted molar refractivity (Wildman–Crippen MR) is 95.3 cm³/mol. The van der Waals surface area contributed by atoms with Crippen molar-refractivity contribution in [1.29, 1.82) is 0 Å². The Balaban J connectivity index is 2.05. The molecule has 0 amide bonds. The fraction of sp³-hybridized carbons (Fsp3) is 0.278. The number of ether oxygens (including phenoxy) is 1. The third-order valence-corrected chi connectivity index (χ3v) is 4.87. The van der Waals surface area contributed by atoms with E-state index in [9.17, 15) is 9.59 Å². The van der Waals surface area contributed by atoms with Gasteiger partial charge in [0, 0.05) is 4.88 Å². The summed E-state index contributed by atoms with van der Waals surface area (Å²) in [7, 11) is 0. The van der Waals surface area contributed by atoms with Crippen molar-refractivity contribution in [2.45, 2.75) is 33.4 Å². The van der Waals surface area contributed by atoms with Gasteiger partial charge in [-0.25, -0.2) is 4.98 Å². The largest absolute Gasteiger partial charge is 0.462 e. The molecule has 0 aliphatic carbocycles. The Labute approximate surface area is 143 Å². The SMILES string of the molecule is Cc1c(-c2ccccc2)sc2ncn(CC(=O)OC(C)C)c(=O)c12. The second kappa shape index (κ2) is 6.57. The van der Waals surface area contributed by atoms with E-state index in [1.54, 1.807) is 13.8 Å². The third-order valence-electron chi connectivity index (χ3n) is 3.62. The summed E-state index contributed by atoms with van der Waals surface area (Å²) in [5.41, 5.74) is 1.74. The van der Waals surface area contributed by atoms with E-state index in [2.05, 4.69) is 4.98 Å². The molecule has 0 aliphatic heterocycles. The summed E-state index contributed by atoms with van der Waals surface area (Å²) >= 11 is 1.49. The van der Waals surface area contributed by atoms with Crippen LogP contribution < -0.4 is 5.56 Å². The Morgan fingerprint density at radius 2 is 2.00 bits per heavy atom. The first-order valence-electron chi connectivity index (χ1n) is 7.71. The van der Waals surface area contributed by atoms with Crippen LogP contribution in [0.3, 0.4) is 0 Å². The van der Waals surface area contributed by atoms with Crippen LogP contribution in [0.25, 0.3) is 20.7 Å². The van der Waals surface area contributed by atoms with Crippen molar-refractivity contribution in [1.82, 2.24) is 9.55 Å². The van der Waals surface area contributed by atoms with E-state index in [1.807, 2.05) is 37.3 Å². The van der Waals surface area contributed by atoms with Crippen LogP contribution in [0.5, 0.6) is 0 Å². The molecule has 6 heteroatoms. The van der Waals surface area contributed by atoms with Crippen molar-refractivity contribution in [2.24, 2.45) is 0 Å². The summed E-state index contributed by atoms with van der Waals surface area (Å²) < 4.78 is 6.41. The van der Waals surface area contributed by atoms with Crippen LogP contribution >= 0.6 is 11.3 Å². The Morgan fingerprint density at radius 3 is 2.67 bits per heavy atom. The topological polar surface area (TPSA) is 61.2 Å². The van der Waals surface area contributed by atoms with E-state index < -0.39 is 5.97 Å². The summed E-state index contributed by atoms with van der Waals surface area (Å²) in [5.74, 6) is -0.440. The van der Waals surface area contributed by atoms with Gasteiger partial charge in [0.25, 0.3) is 5.56 Å². The van der Waals surface area contributed by atoms with Crippen LogP contribution in [0.4, 0.5) is 0 Å². The maximum atomic E-state index is 12.7. The van der Waals surface area contributed by atoms with E-state index in [1.165, 1.54) is 22.2 Å². The van der Waals surface area contributed by atoms with E-state index >= 15 is 0 Å². The third kappa shape index (κ3) is 3.10. The summed E-state index contributed by atoms with van der Waals surface area (Å²) in [6, 6.07) is 9.91. The first-order chi connectivity index (χ1) is 11.5. The van der Waals surface area contributed by atoms with Crippen LogP contribution in [-0.2, 0) is 16.1 Å².